The Kier molecular flexibility index (Phi) is 4.44. The predicted molar refractivity (Wildman–Crippen MR) is 80.2 cm³/mol. The topological polar surface area (TPSA) is 69.7 Å². The van der Waals surface area contributed by atoms with E-state index in [1.165, 1.54) is 11.9 Å². The molecule has 0 atom stereocenters. The van der Waals surface area contributed by atoms with E-state index in [-0.39, 0.29) is 19.0 Å². The molecule has 0 radical (unpaired) electrons. The first-order chi connectivity index (χ1) is 9.38. The molecule has 4 amide bonds. The summed E-state index contributed by atoms with van der Waals surface area (Å²) in [6.45, 7) is -0.279. The number of anilines is 1. The van der Waals surface area contributed by atoms with E-state index in [4.69, 9.17) is 0 Å². The van der Waals surface area contributed by atoms with Gasteiger partial charge in [-0.1, -0.05) is 15.9 Å². The normalized spacial score (nSPS) is 14.9. The fourth-order valence-corrected chi connectivity index (χ4v) is 2.89. The van der Waals surface area contributed by atoms with Crippen molar-refractivity contribution in [2.24, 2.45) is 0 Å². The molecular weight excluding hydrogens is 394 g/mol. The van der Waals surface area contributed by atoms with Gasteiger partial charge in [-0.05, 0) is 34.1 Å². The van der Waals surface area contributed by atoms with Gasteiger partial charge >= 0.3 is 6.03 Å². The van der Waals surface area contributed by atoms with Gasteiger partial charge in [0.1, 0.15) is 13.1 Å². The summed E-state index contributed by atoms with van der Waals surface area (Å²) in [6, 6.07) is 4.82. The Bertz CT molecular complexity index is 591. The smallest absolute Gasteiger partial charge is 0.323 e. The van der Waals surface area contributed by atoms with Crippen LogP contribution in [0.15, 0.2) is 27.1 Å². The molecule has 20 heavy (non-hydrogen) atoms. The molecule has 1 saturated heterocycles. The molecule has 2 rings (SSSR count). The minimum absolute atomic E-state index is 0.00803. The summed E-state index contributed by atoms with van der Waals surface area (Å²) in [7, 11) is 1.52. The number of likely N-dealkylation sites (N-methyl/N-ethyl adjacent to an activating group) is 1. The Morgan fingerprint density at radius 2 is 2.05 bits per heavy atom. The molecule has 1 aromatic rings. The third-order valence-corrected chi connectivity index (χ3v) is 3.89. The highest BCUT2D eigenvalue weighted by atomic mass is 79.9. The van der Waals surface area contributed by atoms with Crippen LogP contribution < -0.4 is 5.32 Å². The van der Waals surface area contributed by atoms with Gasteiger partial charge in [0.05, 0.1) is 5.69 Å². The molecule has 8 heteroatoms. The summed E-state index contributed by atoms with van der Waals surface area (Å²) in [5, 5.41) is 2.65. The molecule has 1 aliphatic rings. The zero-order valence-electron chi connectivity index (χ0n) is 10.5. The van der Waals surface area contributed by atoms with E-state index in [1.54, 1.807) is 18.2 Å². The molecule has 6 nitrogen and oxygen atoms in total. The van der Waals surface area contributed by atoms with E-state index in [2.05, 4.69) is 37.2 Å². The molecule has 0 unspecified atom stereocenters. The maximum absolute atomic E-state index is 11.9. The molecule has 1 fully saturated rings. The fraction of sp³-hybridized carbons (Fsp3) is 0.250. The average molecular weight is 405 g/mol. The van der Waals surface area contributed by atoms with Gasteiger partial charge < -0.3 is 10.2 Å². The number of urea groups is 1. The van der Waals surface area contributed by atoms with Crippen molar-refractivity contribution in [3.05, 3.63) is 27.1 Å². The zero-order valence-corrected chi connectivity index (χ0v) is 13.7. The van der Waals surface area contributed by atoms with E-state index in [9.17, 15) is 14.4 Å². The summed E-state index contributed by atoms with van der Waals surface area (Å²) in [6.07, 6.45) is 0. The van der Waals surface area contributed by atoms with Crippen LogP contribution in [0.25, 0.3) is 0 Å². The quantitative estimate of drug-likeness (QED) is 0.783. The highest BCUT2D eigenvalue weighted by Crippen LogP contribution is 2.26. The van der Waals surface area contributed by atoms with Crippen LogP contribution in [-0.2, 0) is 9.59 Å². The molecule has 1 heterocycles. The number of hydrogen-bond donors (Lipinski definition) is 1. The molecule has 0 saturated carbocycles. The van der Waals surface area contributed by atoms with Crippen LogP contribution in [-0.4, -0.2) is 47.8 Å². The third kappa shape index (κ3) is 3.18. The van der Waals surface area contributed by atoms with Crippen LogP contribution in [0.2, 0.25) is 0 Å². The van der Waals surface area contributed by atoms with E-state index in [0.717, 1.165) is 9.37 Å². The Morgan fingerprint density at radius 3 is 2.60 bits per heavy atom. The van der Waals surface area contributed by atoms with E-state index in [1.807, 2.05) is 0 Å². The second-order valence-electron chi connectivity index (χ2n) is 4.29. The molecule has 1 aliphatic heterocycles. The lowest BCUT2D eigenvalue weighted by atomic mass is 10.3. The number of benzene rings is 1. The van der Waals surface area contributed by atoms with Crippen molar-refractivity contribution in [1.82, 2.24) is 9.80 Å². The van der Waals surface area contributed by atoms with Crippen molar-refractivity contribution in [3.63, 3.8) is 0 Å². The fourth-order valence-electron chi connectivity index (χ4n) is 1.75. The molecule has 0 aliphatic carbocycles. The van der Waals surface area contributed by atoms with Crippen molar-refractivity contribution in [2.45, 2.75) is 0 Å². The number of rotatable bonds is 3. The van der Waals surface area contributed by atoms with Gasteiger partial charge in [0.2, 0.25) is 5.91 Å². The molecule has 1 N–H and O–H groups in total. The van der Waals surface area contributed by atoms with Gasteiger partial charge in [-0.15, -0.1) is 0 Å². The lowest BCUT2D eigenvalue weighted by molar-refractivity contribution is -0.129. The predicted octanol–water partition coefficient (Wildman–Crippen LogP) is 2.04. The maximum Gasteiger partial charge on any atom is 0.327 e. The maximum atomic E-state index is 11.9. The van der Waals surface area contributed by atoms with Crippen molar-refractivity contribution in [1.29, 1.82) is 0 Å². The lowest BCUT2D eigenvalue weighted by Gasteiger charge is -2.14. The standard InChI is InChI=1S/C12H11Br2N3O3/c1-16-6-11(19)17(12(16)20)5-10(18)15-9-3-2-7(13)4-8(9)14/h2-4H,5-6H2,1H3,(H,15,18). The van der Waals surface area contributed by atoms with Gasteiger partial charge in [-0.3, -0.25) is 14.5 Å². The molecule has 0 spiro atoms. The Balaban J connectivity index is 2.03. The van der Waals surface area contributed by atoms with Crippen molar-refractivity contribution < 1.29 is 14.4 Å². The minimum atomic E-state index is -0.458. The first-order valence-electron chi connectivity index (χ1n) is 5.69. The highest BCUT2D eigenvalue weighted by molar-refractivity contribution is 9.11. The summed E-state index contributed by atoms with van der Waals surface area (Å²) in [4.78, 5) is 37.3. The summed E-state index contributed by atoms with van der Waals surface area (Å²) >= 11 is 6.63. The Labute approximate surface area is 132 Å². The van der Waals surface area contributed by atoms with Crippen LogP contribution in [0.1, 0.15) is 0 Å². The monoisotopic (exact) mass is 403 g/mol. The van der Waals surface area contributed by atoms with Crippen LogP contribution in [0.5, 0.6) is 0 Å². The van der Waals surface area contributed by atoms with E-state index >= 15 is 0 Å². The summed E-state index contributed by atoms with van der Waals surface area (Å²) in [5.74, 6) is -0.799. The van der Waals surface area contributed by atoms with Crippen LogP contribution in [0.4, 0.5) is 10.5 Å². The van der Waals surface area contributed by atoms with Gasteiger partial charge in [0.15, 0.2) is 0 Å². The lowest BCUT2D eigenvalue weighted by Crippen LogP contribution is -2.38. The number of amides is 4. The molecule has 106 valence electrons. The Hall–Kier alpha value is -1.41. The number of imide groups is 1. The van der Waals surface area contributed by atoms with Gasteiger partial charge in [-0.25, -0.2) is 4.79 Å². The summed E-state index contributed by atoms with van der Waals surface area (Å²) in [5.41, 5.74) is 0.575. The van der Waals surface area contributed by atoms with Crippen LogP contribution in [0, 0.1) is 0 Å². The number of hydrogen-bond acceptors (Lipinski definition) is 3. The van der Waals surface area contributed by atoms with Gasteiger partial charge in [0, 0.05) is 16.0 Å². The molecule has 1 aromatic carbocycles. The van der Waals surface area contributed by atoms with Crippen LogP contribution >= 0.6 is 31.9 Å². The SMILES string of the molecule is CN1CC(=O)N(CC(=O)Nc2ccc(Br)cc2Br)C1=O. The van der Waals surface area contributed by atoms with Gasteiger partial charge in [0.25, 0.3) is 5.91 Å². The van der Waals surface area contributed by atoms with Gasteiger partial charge in [-0.2, -0.15) is 0 Å². The minimum Gasteiger partial charge on any atom is -0.323 e. The van der Waals surface area contributed by atoms with Crippen molar-refractivity contribution >= 4 is 55.4 Å². The number of carbonyl (C=O) groups is 3. The van der Waals surface area contributed by atoms with E-state index in [0.29, 0.717) is 10.2 Å². The third-order valence-electron chi connectivity index (χ3n) is 2.74. The number of halogens is 2. The number of nitrogens with zero attached hydrogens (tertiary/aromatic N) is 2. The van der Waals surface area contributed by atoms with E-state index < -0.39 is 11.9 Å². The molecular formula is C12H11Br2N3O3. The zero-order chi connectivity index (χ0) is 14.9. The average Bonchev–Trinajstić information content (AvgIpc) is 2.60. The Morgan fingerprint density at radius 1 is 1.35 bits per heavy atom. The molecule has 0 bridgehead atoms. The second kappa shape index (κ2) is 5.92. The highest BCUT2D eigenvalue weighted by Gasteiger charge is 2.34. The van der Waals surface area contributed by atoms with Crippen molar-refractivity contribution in [2.75, 3.05) is 25.5 Å². The number of carbonyl (C=O) groups excluding carboxylic acids is 3. The largest absolute Gasteiger partial charge is 0.327 e. The summed E-state index contributed by atoms with van der Waals surface area (Å²) < 4.78 is 1.57. The molecule has 0 aromatic heterocycles. The second-order valence-corrected chi connectivity index (χ2v) is 6.06. The van der Waals surface area contributed by atoms with Crippen LogP contribution in [0.3, 0.4) is 0 Å². The number of nitrogens with one attached hydrogen (secondary N) is 1. The first kappa shape index (κ1) is 15.0. The first-order valence-corrected chi connectivity index (χ1v) is 7.27. The van der Waals surface area contributed by atoms with Crippen molar-refractivity contribution in [3.8, 4) is 0 Å².